The molecule has 1 fully saturated rings. The average Bonchev–Trinajstić information content (AvgIpc) is 3.11. The molecule has 0 atom stereocenters. The highest BCUT2D eigenvalue weighted by atomic mass is 127. The molecular formula is C21H32IN5S. The van der Waals surface area contributed by atoms with Crippen LogP contribution in [0.5, 0.6) is 0 Å². The summed E-state index contributed by atoms with van der Waals surface area (Å²) in [6.07, 6.45) is 6.86. The first-order valence-electron chi connectivity index (χ1n) is 9.82. The van der Waals surface area contributed by atoms with Crippen LogP contribution in [0.4, 0.5) is 5.69 Å². The van der Waals surface area contributed by atoms with Gasteiger partial charge in [0.1, 0.15) is 0 Å². The Morgan fingerprint density at radius 1 is 1.21 bits per heavy atom. The van der Waals surface area contributed by atoms with Gasteiger partial charge in [-0.15, -0.1) is 35.3 Å². The number of rotatable bonds is 6. The van der Waals surface area contributed by atoms with Crippen LogP contribution in [0.3, 0.4) is 0 Å². The second-order valence-electron chi connectivity index (χ2n) is 7.16. The van der Waals surface area contributed by atoms with E-state index in [1.165, 1.54) is 53.5 Å². The maximum absolute atomic E-state index is 4.42. The van der Waals surface area contributed by atoms with Gasteiger partial charge in [0.25, 0.3) is 0 Å². The monoisotopic (exact) mass is 513 g/mol. The van der Waals surface area contributed by atoms with Crippen LogP contribution in [-0.4, -0.2) is 49.6 Å². The van der Waals surface area contributed by atoms with Crippen LogP contribution in [0.1, 0.15) is 34.7 Å². The molecule has 1 N–H and O–H groups in total. The van der Waals surface area contributed by atoms with E-state index < -0.39 is 0 Å². The Balaban J connectivity index is 0.00000280. The van der Waals surface area contributed by atoms with Gasteiger partial charge in [0.15, 0.2) is 5.96 Å². The molecule has 0 amide bonds. The SMILES string of the molecule is CN=C(NCCc1ncc(C)s1)N(C)Cc1ccc(N2CCCCC2)cc1.I. The fraction of sp³-hybridized carbons (Fsp3) is 0.524. The molecule has 1 saturated heterocycles. The Morgan fingerprint density at radius 3 is 2.54 bits per heavy atom. The molecule has 1 aliphatic rings. The third-order valence-corrected chi connectivity index (χ3v) is 5.91. The summed E-state index contributed by atoms with van der Waals surface area (Å²) in [7, 11) is 3.92. The summed E-state index contributed by atoms with van der Waals surface area (Å²) in [5.41, 5.74) is 2.65. The number of aryl methyl sites for hydroxylation is 1. The summed E-state index contributed by atoms with van der Waals surface area (Å²) >= 11 is 1.76. The number of hydrogen-bond acceptors (Lipinski definition) is 4. The van der Waals surface area contributed by atoms with E-state index in [-0.39, 0.29) is 24.0 Å². The predicted octanol–water partition coefficient (Wildman–Crippen LogP) is 4.31. The number of aromatic nitrogens is 1. The first-order valence-corrected chi connectivity index (χ1v) is 10.6. The maximum Gasteiger partial charge on any atom is 0.193 e. The van der Waals surface area contributed by atoms with E-state index in [9.17, 15) is 0 Å². The Kier molecular flexibility index (Phi) is 9.50. The number of benzene rings is 1. The quantitative estimate of drug-likeness (QED) is 0.355. The van der Waals surface area contributed by atoms with E-state index in [0.717, 1.165) is 25.5 Å². The highest BCUT2D eigenvalue weighted by Crippen LogP contribution is 2.20. The molecule has 28 heavy (non-hydrogen) atoms. The standard InChI is InChI=1S/C21H31N5S.HI/c1-17-15-24-20(27-17)11-12-23-21(22-2)25(3)16-18-7-9-19(10-8-18)26-13-5-4-6-14-26;/h7-10,15H,4-6,11-14,16H2,1-3H3,(H,22,23);1H. The average molecular weight is 513 g/mol. The Bertz CT molecular complexity index is 738. The van der Waals surface area contributed by atoms with E-state index in [2.05, 4.69) is 63.3 Å². The lowest BCUT2D eigenvalue weighted by Crippen LogP contribution is -2.39. The molecule has 0 bridgehead atoms. The van der Waals surface area contributed by atoms with Crippen LogP contribution < -0.4 is 10.2 Å². The summed E-state index contributed by atoms with van der Waals surface area (Å²) in [5.74, 6) is 0.920. The van der Waals surface area contributed by atoms with Gasteiger partial charge in [-0.3, -0.25) is 4.99 Å². The van der Waals surface area contributed by atoms with E-state index >= 15 is 0 Å². The van der Waals surface area contributed by atoms with Gasteiger partial charge in [0.2, 0.25) is 0 Å². The molecule has 0 saturated carbocycles. The van der Waals surface area contributed by atoms with Crippen molar-refractivity contribution < 1.29 is 0 Å². The van der Waals surface area contributed by atoms with E-state index in [0.29, 0.717) is 0 Å². The maximum atomic E-state index is 4.42. The van der Waals surface area contributed by atoms with Gasteiger partial charge in [-0.25, -0.2) is 4.98 Å². The normalized spacial score (nSPS) is 14.5. The minimum Gasteiger partial charge on any atom is -0.372 e. The molecule has 3 rings (SSSR count). The lowest BCUT2D eigenvalue weighted by Gasteiger charge is -2.29. The second-order valence-corrected chi connectivity index (χ2v) is 8.48. The zero-order valence-electron chi connectivity index (χ0n) is 17.1. The third kappa shape index (κ3) is 6.62. The molecule has 0 spiro atoms. The Morgan fingerprint density at radius 2 is 1.93 bits per heavy atom. The molecular weight excluding hydrogens is 481 g/mol. The largest absolute Gasteiger partial charge is 0.372 e. The summed E-state index contributed by atoms with van der Waals surface area (Å²) < 4.78 is 0. The van der Waals surface area contributed by atoms with Crippen molar-refractivity contribution in [3.8, 4) is 0 Å². The number of guanidine groups is 1. The molecule has 0 aliphatic carbocycles. The van der Waals surface area contributed by atoms with E-state index in [1.54, 1.807) is 11.3 Å². The lowest BCUT2D eigenvalue weighted by atomic mass is 10.1. The molecule has 0 unspecified atom stereocenters. The summed E-state index contributed by atoms with van der Waals surface area (Å²) in [4.78, 5) is 14.8. The third-order valence-electron chi connectivity index (χ3n) is 4.94. The zero-order chi connectivity index (χ0) is 19.1. The van der Waals surface area contributed by atoms with Crippen molar-refractivity contribution in [2.75, 3.05) is 38.6 Å². The van der Waals surface area contributed by atoms with Gasteiger partial charge in [-0.1, -0.05) is 12.1 Å². The topological polar surface area (TPSA) is 43.8 Å². The predicted molar refractivity (Wildman–Crippen MR) is 131 cm³/mol. The van der Waals surface area contributed by atoms with Gasteiger partial charge in [-0.2, -0.15) is 0 Å². The fourth-order valence-corrected chi connectivity index (χ4v) is 4.28. The molecule has 1 aliphatic heterocycles. The summed E-state index contributed by atoms with van der Waals surface area (Å²) in [6.45, 7) is 6.16. The van der Waals surface area contributed by atoms with Crippen LogP contribution in [0.2, 0.25) is 0 Å². The van der Waals surface area contributed by atoms with Gasteiger partial charge < -0.3 is 15.1 Å². The van der Waals surface area contributed by atoms with E-state index in [4.69, 9.17) is 0 Å². The number of anilines is 1. The van der Waals surface area contributed by atoms with Crippen molar-refractivity contribution in [2.45, 2.75) is 39.2 Å². The van der Waals surface area contributed by atoms with Crippen LogP contribution in [0.15, 0.2) is 35.5 Å². The molecule has 1 aromatic carbocycles. The molecule has 2 aromatic rings. The zero-order valence-corrected chi connectivity index (χ0v) is 20.3. The van der Waals surface area contributed by atoms with Gasteiger partial charge in [0.05, 0.1) is 5.01 Å². The number of aliphatic imine (C=N–C) groups is 1. The van der Waals surface area contributed by atoms with Crippen molar-refractivity contribution in [3.05, 3.63) is 45.9 Å². The first kappa shape index (κ1) is 22.9. The Hall–Kier alpha value is -1.35. The minimum absolute atomic E-state index is 0. The van der Waals surface area contributed by atoms with E-state index in [1.807, 2.05) is 13.2 Å². The number of hydrogen-bond donors (Lipinski definition) is 1. The number of nitrogens with zero attached hydrogens (tertiary/aromatic N) is 4. The first-order chi connectivity index (χ1) is 13.2. The number of halogens is 1. The highest BCUT2D eigenvalue weighted by molar-refractivity contribution is 14.0. The molecule has 0 radical (unpaired) electrons. The smallest absolute Gasteiger partial charge is 0.193 e. The number of nitrogens with one attached hydrogen (secondary N) is 1. The minimum atomic E-state index is 0. The number of thiazole rings is 1. The van der Waals surface area contributed by atoms with Crippen LogP contribution in [0.25, 0.3) is 0 Å². The van der Waals surface area contributed by atoms with Gasteiger partial charge in [-0.05, 0) is 43.9 Å². The lowest BCUT2D eigenvalue weighted by molar-refractivity contribution is 0.477. The summed E-state index contributed by atoms with van der Waals surface area (Å²) in [5, 5.41) is 4.62. The van der Waals surface area contributed by atoms with Crippen LogP contribution in [0, 0.1) is 6.92 Å². The van der Waals surface area contributed by atoms with Gasteiger partial charge in [0, 0.05) is 63.5 Å². The van der Waals surface area contributed by atoms with Crippen molar-refractivity contribution in [2.24, 2.45) is 4.99 Å². The molecule has 2 heterocycles. The van der Waals surface area contributed by atoms with Crippen molar-refractivity contribution in [1.29, 1.82) is 0 Å². The second kappa shape index (κ2) is 11.6. The Labute approximate surface area is 190 Å². The highest BCUT2D eigenvalue weighted by Gasteiger charge is 2.11. The van der Waals surface area contributed by atoms with Crippen LogP contribution >= 0.6 is 35.3 Å². The molecule has 5 nitrogen and oxygen atoms in total. The molecule has 7 heteroatoms. The summed E-state index contributed by atoms with van der Waals surface area (Å²) in [6, 6.07) is 9.00. The fourth-order valence-electron chi connectivity index (χ4n) is 3.50. The van der Waals surface area contributed by atoms with Crippen LogP contribution in [-0.2, 0) is 13.0 Å². The van der Waals surface area contributed by atoms with Crippen molar-refractivity contribution in [3.63, 3.8) is 0 Å². The van der Waals surface area contributed by atoms with Crippen molar-refractivity contribution in [1.82, 2.24) is 15.2 Å². The molecule has 1 aromatic heterocycles. The number of piperidine rings is 1. The van der Waals surface area contributed by atoms with Gasteiger partial charge >= 0.3 is 0 Å². The van der Waals surface area contributed by atoms with Crippen molar-refractivity contribution >= 4 is 47.0 Å². The molecule has 154 valence electrons.